The summed E-state index contributed by atoms with van der Waals surface area (Å²) in [6, 6.07) is 4.11. The van der Waals surface area contributed by atoms with E-state index < -0.39 is 11.9 Å². The van der Waals surface area contributed by atoms with Gasteiger partial charge in [0.1, 0.15) is 11.9 Å². The third-order valence-electron chi connectivity index (χ3n) is 3.38. The molecule has 0 spiro atoms. The molecule has 0 unspecified atom stereocenters. The van der Waals surface area contributed by atoms with Gasteiger partial charge in [-0.1, -0.05) is 17.7 Å². The van der Waals surface area contributed by atoms with Gasteiger partial charge < -0.3 is 9.47 Å². The Morgan fingerprint density at radius 1 is 1.60 bits per heavy atom. The second kappa shape index (κ2) is 6.52. The van der Waals surface area contributed by atoms with Crippen LogP contribution in [0.5, 0.6) is 0 Å². The molecule has 1 aliphatic heterocycles. The lowest BCUT2D eigenvalue weighted by molar-refractivity contribution is -0.142. The number of hydrogen-bond acceptors (Lipinski definition) is 4. The van der Waals surface area contributed by atoms with Gasteiger partial charge in [0.2, 0.25) is 0 Å². The predicted molar refractivity (Wildman–Crippen MR) is 73.1 cm³/mol. The zero-order valence-electron chi connectivity index (χ0n) is 11.4. The first kappa shape index (κ1) is 15.2. The molecule has 1 N–H and O–H groups in total. The quantitative estimate of drug-likeness (QED) is 0.868. The lowest BCUT2D eigenvalue weighted by Gasteiger charge is -2.23. The fourth-order valence-electron chi connectivity index (χ4n) is 2.34. The van der Waals surface area contributed by atoms with Gasteiger partial charge in [-0.25, -0.2) is 4.39 Å². The molecule has 0 saturated carbocycles. The van der Waals surface area contributed by atoms with E-state index in [-0.39, 0.29) is 23.1 Å². The Balaban J connectivity index is 2.10. The first-order valence-electron chi connectivity index (χ1n) is 6.43. The predicted octanol–water partition coefficient (Wildman–Crippen LogP) is 2.46. The smallest absolute Gasteiger partial charge is 0.322 e. The van der Waals surface area contributed by atoms with Gasteiger partial charge in [0.05, 0.1) is 18.2 Å². The number of rotatable bonds is 4. The van der Waals surface area contributed by atoms with Crippen molar-refractivity contribution in [2.24, 2.45) is 0 Å². The highest BCUT2D eigenvalue weighted by Crippen LogP contribution is 2.31. The molecule has 1 aliphatic rings. The highest BCUT2D eigenvalue weighted by Gasteiger charge is 2.32. The Kier molecular flexibility index (Phi) is 4.96. The first-order valence-corrected chi connectivity index (χ1v) is 6.81. The van der Waals surface area contributed by atoms with Gasteiger partial charge >= 0.3 is 5.97 Å². The van der Waals surface area contributed by atoms with E-state index in [9.17, 15) is 9.18 Å². The van der Waals surface area contributed by atoms with E-state index >= 15 is 0 Å². The number of benzene rings is 1. The molecule has 2 rings (SSSR count). The summed E-state index contributed by atoms with van der Waals surface area (Å²) in [4.78, 5) is 11.4. The largest absolute Gasteiger partial charge is 0.468 e. The summed E-state index contributed by atoms with van der Waals surface area (Å²) in [5.41, 5.74) is 0.707. The zero-order valence-corrected chi connectivity index (χ0v) is 12.1. The van der Waals surface area contributed by atoms with Crippen LogP contribution in [0, 0.1) is 5.82 Å². The van der Waals surface area contributed by atoms with E-state index in [0.717, 1.165) is 6.42 Å². The summed E-state index contributed by atoms with van der Waals surface area (Å²) in [5, 5.41) is 3.24. The first-order chi connectivity index (χ1) is 9.52. The van der Waals surface area contributed by atoms with Crippen LogP contribution in [0.25, 0.3) is 0 Å². The Morgan fingerprint density at radius 2 is 2.35 bits per heavy atom. The topological polar surface area (TPSA) is 47.6 Å². The van der Waals surface area contributed by atoms with Crippen molar-refractivity contribution >= 4 is 17.6 Å². The van der Waals surface area contributed by atoms with E-state index in [1.807, 2.05) is 0 Å². The summed E-state index contributed by atoms with van der Waals surface area (Å²) in [7, 11) is 1.34. The molecule has 110 valence electrons. The maximum Gasteiger partial charge on any atom is 0.322 e. The van der Waals surface area contributed by atoms with Crippen molar-refractivity contribution in [3.63, 3.8) is 0 Å². The molecule has 1 aromatic carbocycles. The minimum Gasteiger partial charge on any atom is -0.468 e. The molecule has 1 fully saturated rings. The molecular formula is C14H17ClFNO3. The fourth-order valence-corrected chi connectivity index (χ4v) is 2.46. The standard InChI is InChI=1S/C14H17ClFNO3/c1-8(14(18)19-2)17-12-5-6-20-13(12)9-3-4-10(15)11(16)7-9/h3-4,7-8,12-13,17H,5-6H2,1-2H3/t8-,12+,13-/m0/s1. The van der Waals surface area contributed by atoms with Crippen LogP contribution in [-0.2, 0) is 14.3 Å². The van der Waals surface area contributed by atoms with E-state index in [1.54, 1.807) is 13.0 Å². The third-order valence-corrected chi connectivity index (χ3v) is 3.69. The molecule has 1 aromatic rings. The zero-order chi connectivity index (χ0) is 14.7. The van der Waals surface area contributed by atoms with Crippen molar-refractivity contribution in [2.45, 2.75) is 31.5 Å². The Labute approximate surface area is 122 Å². The van der Waals surface area contributed by atoms with Crippen molar-refractivity contribution in [3.05, 3.63) is 34.6 Å². The molecule has 0 bridgehead atoms. The van der Waals surface area contributed by atoms with Crippen LogP contribution in [-0.4, -0.2) is 31.8 Å². The SMILES string of the molecule is COC(=O)[C@H](C)N[C@@H]1CCO[C@H]1c1ccc(Cl)c(F)c1. The average molecular weight is 302 g/mol. The lowest BCUT2D eigenvalue weighted by atomic mass is 10.0. The number of esters is 1. The van der Waals surface area contributed by atoms with Crippen LogP contribution in [0.15, 0.2) is 18.2 Å². The minimum atomic E-state index is -0.473. The molecular weight excluding hydrogens is 285 g/mol. The van der Waals surface area contributed by atoms with Crippen molar-refractivity contribution in [2.75, 3.05) is 13.7 Å². The van der Waals surface area contributed by atoms with Crippen LogP contribution in [0.4, 0.5) is 4.39 Å². The molecule has 0 amide bonds. The Hall–Kier alpha value is -1.17. The highest BCUT2D eigenvalue weighted by atomic mass is 35.5. The molecule has 0 aromatic heterocycles. The summed E-state index contributed by atoms with van der Waals surface area (Å²) in [5.74, 6) is -0.808. The molecule has 0 aliphatic carbocycles. The van der Waals surface area contributed by atoms with Crippen LogP contribution in [0.3, 0.4) is 0 Å². The number of hydrogen-bond donors (Lipinski definition) is 1. The number of carbonyl (C=O) groups is 1. The van der Waals surface area contributed by atoms with Crippen LogP contribution < -0.4 is 5.32 Å². The van der Waals surface area contributed by atoms with Gasteiger partial charge in [-0.3, -0.25) is 10.1 Å². The third kappa shape index (κ3) is 3.29. The second-order valence-corrected chi connectivity index (χ2v) is 5.18. The van der Waals surface area contributed by atoms with Crippen molar-refractivity contribution in [1.82, 2.24) is 5.32 Å². The monoisotopic (exact) mass is 301 g/mol. The number of methoxy groups -OCH3 is 1. The Morgan fingerprint density at radius 3 is 3.00 bits per heavy atom. The summed E-state index contributed by atoms with van der Waals surface area (Å²) in [6.07, 6.45) is 0.449. The van der Waals surface area contributed by atoms with Gasteiger partial charge in [0.15, 0.2) is 0 Å². The number of carbonyl (C=O) groups excluding carboxylic acids is 1. The number of nitrogens with one attached hydrogen (secondary N) is 1. The molecule has 1 saturated heterocycles. The number of ether oxygens (including phenoxy) is 2. The molecule has 3 atom stereocenters. The van der Waals surface area contributed by atoms with Crippen molar-refractivity contribution in [3.8, 4) is 0 Å². The fraction of sp³-hybridized carbons (Fsp3) is 0.500. The molecule has 20 heavy (non-hydrogen) atoms. The van der Waals surface area contributed by atoms with Crippen molar-refractivity contribution < 1.29 is 18.7 Å². The average Bonchev–Trinajstić information content (AvgIpc) is 2.89. The lowest BCUT2D eigenvalue weighted by Crippen LogP contribution is -2.43. The normalized spacial score (nSPS) is 23.6. The van der Waals surface area contributed by atoms with Gasteiger partial charge in [-0.2, -0.15) is 0 Å². The summed E-state index contributed by atoms with van der Waals surface area (Å²) < 4.78 is 23.8. The molecule has 6 heteroatoms. The molecule has 1 heterocycles. The summed E-state index contributed by atoms with van der Waals surface area (Å²) >= 11 is 5.68. The highest BCUT2D eigenvalue weighted by molar-refractivity contribution is 6.30. The van der Waals surface area contributed by atoms with Gasteiger partial charge in [-0.15, -0.1) is 0 Å². The van der Waals surface area contributed by atoms with E-state index in [4.69, 9.17) is 16.3 Å². The maximum absolute atomic E-state index is 13.5. The maximum atomic E-state index is 13.5. The molecule has 0 radical (unpaired) electrons. The van der Waals surface area contributed by atoms with Crippen LogP contribution in [0.1, 0.15) is 25.0 Å². The van der Waals surface area contributed by atoms with Crippen molar-refractivity contribution in [1.29, 1.82) is 0 Å². The summed E-state index contributed by atoms with van der Waals surface area (Å²) in [6.45, 7) is 2.28. The van der Waals surface area contributed by atoms with E-state index in [2.05, 4.69) is 10.1 Å². The second-order valence-electron chi connectivity index (χ2n) is 4.77. The Bertz CT molecular complexity index is 497. The van der Waals surface area contributed by atoms with E-state index in [0.29, 0.717) is 12.2 Å². The van der Waals surface area contributed by atoms with Crippen LogP contribution in [0.2, 0.25) is 5.02 Å². The van der Waals surface area contributed by atoms with Gasteiger partial charge in [-0.05, 0) is 31.0 Å². The van der Waals surface area contributed by atoms with Crippen LogP contribution >= 0.6 is 11.6 Å². The number of halogens is 2. The van der Waals surface area contributed by atoms with Gasteiger partial charge in [0, 0.05) is 12.6 Å². The molecule has 4 nitrogen and oxygen atoms in total. The van der Waals surface area contributed by atoms with E-state index in [1.165, 1.54) is 19.2 Å². The minimum absolute atomic E-state index is 0.0651. The van der Waals surface area contributed by atoms with Gasteiger partial charge in [0.25, 0.3) is 0 Å².